The molecular formula is C43H54N4O6. The Hall–Kier alpha value is -4.86. The Morgan fingerprint density at radius 2 is 1.57 bits per heavy atom. The summed E-state index contributed by atoms with van der Waals surface area (Å²) in [6.07, 6.45) is 6.61. The number of hydrogen-bond acceptors (Lipinski definition) is 8. The summed E-state index contributed by atoms with van der Waals surface area (Å²) in [7, 11) is 1.32. The second-order valence-electron chi connectivity index (χ2n) is 15.1. The molecule has 0 aromatic carbocycles. The van der Waals surface area contributed by atoms with Gasteiger partial charge in [-0.05, 0) is 88.8 Å². The van der Waals surface area contributed by atoms with Gasteiger partial charge in [0.25, 0.3) is 0 Å². The number of aryl methyl sites for hydroxylation is 2. The Balaban J connectivity index is 1.60. The number of carbonyl (C=O) groups is 2. The predicted octanol–water partition coefficient (Wildman–Crippen LogP) is 8.20. The highest BCUT2D eigenvalue weighted by Crippen LogP contribution is 2.46. The molecule has 4 N–H and O–H groups in total. The lowest BCUT2D eigenvalue weighted by Gasteiger charge is -2.19. The summed E-state index contributed by atoms with van der Waals surface area (Å²) in [6, 6.07) is 6.09. The Labute approximate surface area is 311 Å². The molecule has 10 heteroatoms. The zero-order valence-electron chi connectivity index (χ0n) is 32.6. The highest BCUT2D eigenvalue weighted by atomic mass is 16.5. The molecule has 0 fully saturated rings. The van der Waals surface area contributed by atoms with Crippen molar-refractivity contribution in [3.05, 3.63) is 79.8 Å². The maximum absolute atomic E-state index is 13.5. The van der Waals surface area contributed by atoms with E-state index >= 15 is 0 Å². The fourth-order valence-corrected chi connectivity index (χ4v) is 8.55. The summed E-state index contributed by atoms with van der Waals surface area (Å²) < 4.78 is 10.9. The third-order valence-corrected chi connectivity index (χ3v) is 11.7. The molecule has 0 amide bonds. The van der Waals surface area contributed by atoms with Crippen molar-refractivity contribution in [2.24, 2.45) is 0 Å². The molecule has 10 nitrogen and oxygen atoms in total. The minimum atomic E-state index is -1.08. The molecule has 282 valence electrons. The first kappa shape index (κ1) is 37.9. The zero-order valence-corrected chi connectivity index (χ0v) is 32.6. The van der Waals surface area contributed by atoms with E-state index in [1.165, 1.54) is 12.7 Å². The zero-order chi connectivity index (χ0) is 38.3. The third-order valence-electron chi connectivity index (χ3n) is 11.7. The topological polar surface area (TPSA) is 150 Å². The van der Waals surface area contributed by atoms with Crippen LogP contribution in [0.3, 0.4) is 0 Å². The predicted molar refractivity (Wildman–Crippen MR) is 208 cm³/mol. The molecule has 0 radical (unpaired) electrons. The van der Waals surface area contributed by atoms with Crippen LogP contribution in [0.4, 0.5) is 0 Å². The van der Waals surface area contributed by atoms with Crippen molar-refractivity contribution >= 4 is 45.5 Å². The summed E-state index contributed by atoms with van der Waals surface area (Å²) >= 11 is 0. The molecular weight excluding hydrogens is 668 g/mol. The van der Waals surface area contributed by atoms with Gasteiger partial charge in [-0.2, -0.15) is 0 Å². The van der Waals surface area contributed by atoms with Gasteiger partial charge in [0.05, 0.1) is 29.6 Å². The molecule has 8 bridgehead atoms. The number of methoxy groups -OCH3 is 1. The molecule has 5 heterocycles. The molecule has 2 aliphatic heterocycles. The van der Waals surface area contributed by atoms with Crippen molar-refractivity contribution in [1.29, 1.82) is 0 Å². The van der Waals surface area contributed by atoms with Crippen LogP contribution in [0.5, 0.6) is 0 Å². The molecule has 0 saturated heterocycles. The standard InChI is InChI=1S/C43H54N4O6/c1-10-12-13-21(3)16-17-53-35(49)15-14-28-23(5)30-18-31-24(6)36(26(8)48)34(45-31)20-29-22(4)27(11-2)33(44-29)19-32-25(7)37-41(47-32)38(40(28)46-30)39(42(37)50)43(51)52-9/h16,18-20,22-23,27-28,39,45,47-48,50H,10-15,17H2,1-9H3/b21-16+,30-18?,33-19?,34-20?,36-26+/t22-,23+,27-,28+,39-/m1/s1. The van der Waals surface area contributed by atoms with Crippen LogP contribution in [0.15, 0.2) is 29.8 Å². The van der Waals surface area contributed by atoms with E-state index in [2.05, 4.69) is 50.7 Å². The van der Waals surface area contributed by atoms with E-state index in [1.54, 1.807) is 6.92 Å². The Bertz CT molecular complexity index is 2270. The largest absolute Gasteiger partial charge is 0.512 e. The van der Waals surface area contributed by atoms with E-state index in [0.29, 0.717) is 28.4 Å². The smallest absolute Gasteiger partial charge is 0.321 e. The summed E-state index contributed by atoms with van der Waals surface area (Å²) in [4.78, 5) is 44.2. The normalized spacial score (nSPS) is 21.6. The van der Waals surface area contributed by atoms with E-state index in [-0.39, 0.29) is 54.2 Å². The van der Waals surface area contributed by atoms with Crippen LogP contribution in [0, 0.1) is 13.8 Å². The van der Waals surface area contributed by atoms with Gasteiger partial charge in [-0.15, -0.1) is 0 Å². The minimum absolute atomic E-state index is 0.0784. The molecule has 3 aliphatic rings. The summed E-state index contributed by atoms with van der Waals surface area (Å²) in [6.45, 7) is 16.4. The van der Waals surface area contributed by atoms with E-state index in [4.69, 9.17) is 19.4 Å². The van der Waals surface area contributed by atoms with Crippen molar-refractivity contribution in [2.45, 2.75) is 124 Å². The average molecular weight is 723 g/mol. The SMILES string of the molecule is CCCC/C(C)=C/COC(=O)CC[C@@H]1c2nc(cc3[nH]c(cc4nc(cc5[nH]c6c2[C@@H](C(=O)OC)C(O)=c6c5C)[C@H](CC)[C@H]4C)/c(=C(\C)O)c3C)[C@H]1C. The van der Waals surface area contributed by atoms with Gasteiger partial charge in [-0.25, -0.2) is 0 Å². The van der Waals surface area contributed by atoms with Gasteiger partial charge in [0.15, 0.2) is 0 Å². The first-order valence-electron chi connectivity index (χ1n) is 19.1. The number of aliphatic hydroxyl groups excluding tert-OH is 2. The van der Waals surface area contributed by atoms with Crippen LogP contribution in [0.25, 0.3) is 33.6 Å². The van der Waals surface area contributed by atoms with Crippen LogP contribution < -0.4 is 10.4 Å². The van der Waals surface area contributed by atoms with Crippen molar-refractivity contribution in [1.82, 2.24) is 19.9 Å². The van der Waals surface area contributed by atoms with Gasteiger partial charge < -0.3 is 29.7 Å². The number of fused-ring (bicyclic) bond motifs is 8. The van der Waals surface area contributed by atoms with Gasteiger partial charge in [-0.1, -0.05) is 39.7 Å². The van der Waals surface area contributed by atoms with Crippen LogP contribution in [0.1, 0.15) is 149 Å². The lowest BCUT2D eigenvalue weighted by atomic mass is 9.84. The fourth-order valence-electron chi connectivity index (χ4n) is 8.55. The summed E-state index contributed by atoms with van der Waals surface area (Å²) in [5.74, 6) is -2.01. The second kappa shape index (κ2) is 15.2. The maximum atomic E-state index is 13.5. The quantitative estimate of drug-likeness (QED) is 0.121. The highest BCUT2D eigenvalue weighted by Gasteiger charge is 2.41. The number of carbonyl (C=O) groups excluding carboxylic acids is 2. The van der Waals surface area contributed by atoms with Crippen molar-refractivity contribution in [2.75, 3.05) is 13.7 Å². The molecule has 0 unspecified atom stereocenters. The van der Waals surface area contributed by atoms with Gasteiger partial charge in [0.1, 0.15) is 18.3 Å². The van der Waals surface area contributed by atoms with E-state index in [0.717, 1.165) is 75.7 Å². The molecule has 3 aromatic heterocycles. The number of aromatic amines is 2. The first-order valence-corrected chi connectivity index (χ1v) is 19.1. The fraction of sp³-hybridized carbons (Fsp3) is 0.488. The molecule has 5 atom stereocenters. The van der Waals surface area contributed by atoms with Crippen LogP contribution in [0.2, 0.25) is 0 Å². The van der Waals surface area contributed by atoms with E-state index in [1.807, 2.05) is 32.1 Å². The lowest BCUT2D eigenvalue weighted by molar-refractivity contribution is -0.143. The van der Waals surface area contributed by atoms with Gasteiger partial charge in [0, 0.05) is 74.2 Å². The van der Waals surface area contributed by atoms with Crippen LogP contribution in [-0.2, 0) is 19.1 Å². The lowest BCUT2D eigenvalue weighted by Crippen LogP contribution is -2.18. The summed E-state index contributed by atoms with van der Waals surface area (Å²) in [5.41, 5.74) is 9.64. The minimum Gasteiger partial charge on any atom is -0.512 e. The number of aromatic nitrogens is 4. The number of unbranched alkanes of at least 4 members (excludes halogenated alkanes) is 1. The molecule has 0 saturated carbocycles. The van der Waals surface area contributed by atoms with Crippen LogP contribution in [-0.4, -0.2) is 55.8 Å². The number of nitrogens with one attached hydrogen (secondary N) is 2. The van der Waals surface area contributed by atoms with E-state index < -0.39 is 11.9 Å². The Morgan fingerprint density at radius 3 is 2.25 bits per heavy atom. The number of allylic oxidation sites excluding steroid dienone is 1. The average Bonchev–Trinajstić information content (AvgIpc) is 3.86. The number of aliphatic hydroxyl groups is 2. The van der Waals surface area contributed by atoms with Crippen LogP contribution >= 0.6 is 0 Å². The number of esters is 2. The summed E-state index contributed by atoms with van der Waals surface area (Å²) in [5, 5.41) is 24.0. The molecule has 3 aromatic rings. The third kappa shape index (κ3) is 6.88. The molecule has 1 aliphatic carbocycles. The van der Waals surface area contributed by atoms with E-state index in [9.17, 15) is 19.8 Å². The van der Waals surface area contributed by atoms with Gasteiger partial charge in [-0.3, -0.25) is 19.6 Å². The van der Waals surface area contributed by atoms with Crippen molar-refractivity contribution < 1.29 is 29.3 Å². The van der Waals surface area contributed by atoms with Gasteiger partial charge >= 0.3 is 11.9 Å². The molecule has 53 heavy (non-hydrogen) atoms. The Kier molecular flexibility index (Phi) is 10.9. The number of nitrogens with zero attached hydrogens (tertiary/aromatic N) is 2. The van der Waals surface area contributed by atoms with Crippen molar-refractivity contribution in [3.8, 4) is 0 Å². The van der Waals surface area contributed by atoms with Gasteiger partial charge in [0.2, 0.25) is 0 Å². The first-order chi connectivity index (χ1) is 25.3. The number of ether oxygens (including phenoxy) is 2. The number of rotatable bonds is 10. The second-order valence-corrected chi connectivity index (χ2v) is 15.1. The molecule has 0 spiro atoms. The molecule has 6 rings (SSSR count). The number of hydrogen-bond donors (Lipinski definition) is 4. The maximum Gasteiger partial charge on any atom is 0.321 e. The number of H-pyrrole nitrogens is 2. The monoisotopic (exact) mass is 722 g/mol. The Morgan fingerprint density at radius 1 is 0.906 bits per heavy atom. The van der Waals surface area contributed by atoms with Crippen molar-refractivity contribution in [3.63, 3.8) is 0 Å². The highest BCUT2D eigenvalue weighted by molar-refractivity contribution is 5.96.